The number of hydrogen-bond acceptors (Lipinski definition) is 4. The van der Waals surface area contributed by atoms with Gasteiger partial charge in [-0.25, -0.2) is 0 Å². The third kappa shape index (κ3) is 3.61. The number of halogens is 1. The third-order valence-corrected chi connectivity index (χ3v) is 3.45. The van der Waals surface area contributed by atoms with E-state index in [1.54, 1.807) is 25.4 Å². The van der Waals surface area contributed by atoms with Crippen molar-refractivity contribution in [2.45, 2.75) is 20.0 Å². The molecule has 0 spiro atoms. The minimum Gasteiger partial charge on any atom is -0.309 e. The minimum atomic E-state index is -0.350. The zero-order valence-electron chi connectivity index (χ0n) is 11.0. The van der Waals surface area contributed by atoms with E-state index in [9.17, 15) is 10.1 Å². The first kappa shape index (κ1) is 14.6. The topological polar surface area (TPSA) is 68.1 Å². The number of hydrogen-bond donors (Lipinski definition) is 1. The van der Waals surface area contributed by atoms with Gasteiger partial charge < -0.3 is 5.32 Å². The van der Waals surface area contributed by atoms with E-state index in [0.29, 0.717) is 18.7 Å². The third-order valence-electron chi connectivity index (χ3n) is 3.02. The molecule has 1 heterocycles. The molecule has 0 atom stereocenters. The van der Waals surface area contributed by atoms with Crippen molar-refractivity contribution < 1.29 is 4.92 Å². The zero-order chi connectivity index (χ0) is 14.5. The number of pyridine rings is 1. The average Bonchev–Trinajstić information content (AvgIpc) is 2.40. The summed E-state index contributed by atoms with van der Waals surface area (Å²) >= 11 is 3.37. The summed E-state index contributed by atoms with van der Waals surface area (Å²) in [5.41, 5.74) is 2.86. The predicted octanol–water partition coefficient (Wildman–Crippen LogP) is 3.35. The lowest BCUT2D eigenvalue weighted by Gasteiger charge is -2.08. The highest BCUT2D eigenvalue weighted by atomic mass is 79.9. The lowest BCUT2D eigenvalue weighted by atomic mass is 10.1. The van der Waals surface area contributed by atoms with Crippen LogP contribution in [0.5, 0.6) is 0 Å². The van der Waals surface area contributed by atoms with Crippen molar-refractivity contribution in [1.82, 2.24) is 10.3 Å². The molecule has 1 aromatic carbocycles. The van der Waals surface area contributed by atoms with E-state index in [0.717, 1.165) is 15.6 Å². The molecule has 2 rings (SSSR count). The number of rotatable bonds is 5. The summed E-state index contributed by atoms with van der Waals surface area (Å²) in [7, 11) is 0. The highest BCUT2D eigenvalue weighted by Gasteiger charge is 2.12. The van der Waals surface area contributed by atoms with E-state index in [4.69, 9.17) is 0 Å². The van der Waals surface area contributed by atoms with Crippen LogP contribution in [0.2, 0.25) is 0 Å². The molecule has 0 aliphatic heterocycles. The predicted molar refractivity (Wildman–Crippen MR) is 80.3 cm³/mol. The lowest BCUT2D eigenvalue weighted by Crippen LogP contribution is -2.14. The number of benzene rings is 1. The molecular weight excluding hydrogens is 322 g/mol. The number of nitrogens with zero attached hydrogens (tertiary/aromatic N) is 2. The van der Waals surface area contributed by atoms with Crippen LogP contribution in [-0.2, 0) is 13.1 Å². The molecule has 2 aromatic rings. The SMILES string of the molecule is Cc1c(CNCc2cncc(Br)c2)cccc1[N+](=O)[O-]. The Balaban J connectivity index is 2.01. The molecule has 20 heavy (non-hydrogen) atoms. The second kappa shape index (κ2) is 6.58. The second-order valence-corrected chi connectivity index (χ2v) is 5.35. The van der Waals surface area contributed by atoms with Crippen LogP contribution in [-0.4, -0.2) is 9.91 Å². The molecule has 0 saturated carbocycles. The summed E-state index contributed by atoms with van der Waals surface area (Å²) in [5.74, 6) is 0. The van der Waals surface area contributed by atoms with Crippen LogP contribution in [0.1, 0.15) is 16.7 Å². The summed E-state index contributed by atoms with van der Waals surface area (Å²) in [6.07, 6.45) is 3.52. The van der Waals surface area contributed by atoms with E-state index in [-0.39, 0.29) is 10.6 Å². The molecule has 6 heteroatoms. The maximum absolute atomic E-state index is 10.9. The molecular formula is C14H14BrN3O2. The fourth-order valence-corrected chi connectivity index (χ4v) is 2.37. The van der Waals surface area contributed by atoms with Crippen molar-refractivity contribution in [2.75, 3.05) is 0 Å². The van der Waals surface area contributed by atoms with Gasteiger partial charge in [0.15, 0.2) is 0 Å². The number of aromatic nitrogens is 1. The van der Waals surface area contributed by atoms with Gasteiger partial charge in [-0.1, -0.05) is 12.1 Å². The largest absolute Gasteiger partial charge is 0.309 e. The molecule has 1 aromatic heterocycles. The van der Waals surface area contributed by atoms with Gasteiger partial charge in [0, 0.05) is 41.6 Å². The van der Waals surface area contributed by atoms with Gasteiger partial charge >= 0.3 is 0 Å². The van der Waals surface area contributed by atoms with E-state index >= 15 is 0 Å². The summed E-state index contributed by atoms with van der Waals surface area (Å²) in [5, 5.41) is 14.1. The van der Waals surface area contributed by atoms with Crippen LogP contribution >= 0.6 is 15.9 Å². The van der Waals surface area contributed by atoms with Gasteiger partial charge in [-0.2, -0.15) is 0 Å². The molecule has 0 unspecified atom stereocenters. The van der Waals surface area contributed by atoms with Crippen molar-refractivity contribution in [3.63, 3.8) is 0 Å². The molecule has 0 aliphatic carbocycles. The Hall–Kier alpha value is -1.79. The number of nitro groups is 1. The van der Waals surface area contributed by atoms with Gasteiger partial charge in [0.1, 0.15) is 0 Å². The highest BCUT2D eigenvalue weighted by molar-refractivity contribution is 9.10. The van der Waals surface area contributed by atoms with E-state index < -0.39 is 0 Å². The summed E-state index contributed by atoms with van der Waals surface area (Å²) in [6.45, 7) is 3.02. The van der Waals surface area contributed by atoms with Gasteiger partial charge in [-0.3, -0.25) is 15.1 Å². The molecule has 0 amide bonds. The summed E-state index contributed by atoms with van der Waals surface area (Å²) < 4.78 is 0.934. The molecule has 5 nitrogen and oxygen atoms in total. The first-order valence-electron chi connectivity index (χ1n) is 6.11. The van der Waals surface area contributed by atoms with Crippen LogP contribution < -0.4 is 5.32 Å². The smallest absolute Gasteiger partial charge is 0.272 e. The van der Waals surface area contributed by atoms with E-state index in [2.05, 4.69) is 26.2 Å². The molecule has 0 bridgehead atoms. The number of nitrogens with one attached hydrogen (secondary N) is 1. The number of nitro benzene ring substituents is 1. The zero-order valence-corrected chi connectivity index (χ0v) is 12.6. The first-order chi connectivity index (χ1) is 9.58. The second-order valence-electron chi connectivity index (χ2n) is 4.43. The fraction of sp³-hybridized carbons (Fsp3) is 0.214. The monoisotopic (exact) mass is 335 g/mol. The Kier molecular flexibility index (Phi) is 4.81. The Morgan fingerprint density at radius 1 is 1.35 bits per heavy atom. The van der Waals surface area contributed by atoms with E-state index in [1.807, 2.05) is 12.1 Å². The normalized spacial score (nSPS) is 10.5. The summed E-state index contributed by atoms with van der Waals surface area (Å²) in [4.78, 5) is 14.6. The molecule has 104 valence electrons. The van der Waals surface area contributed by atoms with Gasteiger partial charge in [0.05, 0.1) is 4.92 Å². The van der Waals surface area contributed by atoms with Crippen molar-refractivity contribution in [3.8, 4) is 0 Å². The van der Waals surface area contributed by atoms with Gasteiger partial charge in [0.2, 0.25) is 0 Å². The van der Waals surface area contributed by atoms with Crippen LogP contribution in [0.25, 0.3) is 0 Å². The quantitative estimate of drug-likeness (QED) is 0.672. The highest BCUT2D eigenvalue weighted by Crippen LogP contribution is 2.21. The molecule has 1 N–H and O–H groups in total. The molecule has 0 aliphatic rings. The van der Waals surface area contributed by atoms with Crippen molar-refractivity contribution in [1.29, 1.82) is 0 Å². The van der Waals surface area contributed by atoms with Crippen LogP contribution in [0, 0.1) is 17.0 Å². The Morgan fingerprint density at radius 2 is 2.15 bits per heavy atom. The van der Waals surface area contributed by atoms with Crippen molar-refractivity contribution in [3.05, 3.63) is 67.9 Å². The van der Waals surface area contributed by atoms with Crippen molar-refractivity contribution >= 4 is 21.6 Å². The molecule has 0 radical (unpaired) electrons. The Bertz CT molecular complexity index is 632. The Labute approximate surface area is 125 Å². The molecule has 0 fully saturated rings. The molecule has 0 saturated heterocycles. The van der Waals surface area contributed by atoms with Gasteiger partial charge in [-0.15, -0.1) is 0 Å². The average molecular weight is 336 g/mol. The standard InChI is InChI=1S/C14H14BrN3O2/c1-10-12(3-2-4-14(10)18(19)20)8-16-6-11-5-13(15)9-17-7-11/h2-5,7,9,16H,6,8H2,1H3. The van der Waals surface area contributed by atoms with Gasteiger partial charge in [-0.05, 0) is 40.0 Å². The maximum atomic E-state index is 10.9. The lowest BCUT2D eigenvalue weighted by molar-refractivity contribution is -0.385. The maximum Gasteiger partial charge on any atom is 0.272 e. The van der Waals surface area contributed by atoms with Crippen LogP contribution in [0.15, 0.2) is 41.1 Å². The van der Waals surface area contributed by atoms with E-state index in [1.165, 1.54) is 6.07 Å². The summed E-state index contributed by atoms with van der Waals surface area (Å²) in [6, 6.07) is 7.12. The fourth-order valence-electron chi connectivity index (χ4n) is 1.95. The van der Waals surface area contributed by atoms with Crippen LogP contribution in [0.4, 0.5) is 5.69 Å². The van der Waals surface area contributed by atoms with Gasteiger partial charge in [0.25, 0.3) is 5.69 Å². The van der Waals surface area contributed by atoms with Crippen molar-refractivity contribution in [2.24, 2.45) is 0 Å². The first-order valence-corrected chi connectivity index (χ1v) is 6.90. The minimum absolute atomic E-state index is 0.161. The van der Waals surface area contributed by atoms with Crippen LogP contribution in [0.3, 0.4) is 0 Å². The Morgan fingerprint density at radius 3 is 2.85 bits per heavy atom.